The minimum absolute atomic E-state index is 0.0191. The van der Waals surface area contributed by atoms with Crippen molar-refractivity contribution in [2.75, 3.05) is 45.9 Å². The molecule has 1 saturated heterocycles. The van der Waals surface area contributed by atoms with E-state index in [-0.39, 0.29) is 24.5 Å². The molecule has 4 rings (SSSR count). The van der Waals surface area contributed by atoms with Gasteiger partial charge in [-0.1, -0.05) is 36.4 Å². The smallest absolute Gasteiger partial charge is 0.248 e. The third-order valence-corrected chi connectivity index (χ3v) is 6.78. The van der Waals surface area contributed by atoms with Crippen molar-refractivity contribution in [3.63, 3.8) is 0 Å². The fourth-order valence-electron chi connectivity index (χ4n) is 4.75. The summed E-state index contributed by atoms with van der Waals surface area (Å²) in [6.45, 7) is 7.78. The molecule has 1 aliphatic rings. The molecule has 0 saturated carbocycles. The molecule has 3 aromatic rings. The molecular formula is C29H37N5O3. The molecule has 2 aromatic heterocycles. The number of rotatable bonds is 11. The quantitative estimate of drug-likeness (QED) is 0.402. The van der Waals surface area contributed by atoms with Crippen LogP contribution in [-0.2, 0) is 27.3 Å². The fourth-order valence-corrected chi connectivity index (χ4v) is 4.75. The molecule has 3 heterocycles. The van der Waals surface area contributed by atoms with Crippen LogP contribution in [0.15, 0.2) is 73.1 Å². The Morgan fingerprint density at radius 2 is 1.81 bits per heavy atom. The normalized spacial score (nSPS) is 16.5. The third-order valence-electron chi connectivity index (χ3n) is 6.78. The van der Waals surface area contributed by atoms with E-state index in [1.54, 1.807) is 11.1 Å². The number of pyridine rings is 1. The second-order valence-electron chi connectivity index (χ2n) is 9.30. The maximum Gasteiger partial charge on any atom is 0.248 e. The van der Waals surface area contributed by atoms with Gasteiger partial charge >= 0.3 is 0 Å². The van der Waals surface area contributed by atoms with Crippen molar-refractivity contribution in [1.82, 2.24) is 24.3 Å². The second-order valence-corrected chi connectivity index (χ2v) is 9.30. The molecule has 0 aliphatic carbocycles. The van der Waals surface area contributed by atoms with Gasteiger partial charge in [0, 0.05) is 57.4 Å². The van der Waals surface area contributed by atoms with Crippen LogP contribution in [0.5, 0.6) is 0 Å². The standard InChI is InChI=1S/C29H37N5O3/c1-3-32(4-2)29(36)23-37-26-20-31(19-25-13-10-17-34(25)27-14-8-9-16-30-27)22-28(35)33(21-26)18-15-24-11-6-5-7-12-24/h5-14,16-17,26H,3-4,15,18-23H2,1-2H3/t26-/m1/s1. The van der Waals surface area contributed by atoms with Gasteiger partial charge in [0.25, 0.3) is 0 Å². The Bertz CT molecular complexity index is 1130. The van der Waals surface area contributed by atoms with Crippen LogP contribution in [0.1, 0.15) is 25.1 Å². The average Bonchev–Trinajstić information content (AvgIpc) is 3.32. The molecule has 0 N–H and O–H groups in total. The molecule has 37 heavy (non-hydrogen) atoms. The lowest BCUT2D eigenvalue weighted by molar-refractivity contribution is -0.138. The van der Waals surface area contributed by atoms with Crippen LogP contribution in [0.4, 0.5) is 0 Å². The van der Waals surface area contributed by atoms with E-state index in [1.807, 2.05) is 72.0 Å². The zero-order valence-corrected chi connectivity index (χ0v) is 21.8. The number of carbonyl (C=O) groups excluding carboxylic acids is 2. The second kappa shape index (κ2) is 13.2. The number of ether oxygens (including phenoxy) is 1. The van der Waals surface area contributed by atoms with E-state index in [9.17, 15) is 9.59 Å². The highest BCUT2D eigenvalue weighted by Crippen LogP contribution is 2.16. The number of benzene rings is 1. The molecule has 2 amide bonds. The molecule has 0 spiro atoms. The number of likely N-dealkylation sites (N-methyl/N-ethyl adjacent to an activating group) is 1. The first-order chi connectivity index (χ1) is 18.1. The Morgan fingerprint density at radius 1 is 1.03 bits per heavy atom. The van der Waals surface area contributed by atoms with E-state index < -0.39 is 0 Å². The van der Waals surface area contributed by atoms with Gasteiger partial charge in [-0.3, -0.25) is 14.5 Å². The molecule has 1 atom stereocenters. The van der Waals surface area contributed by atoms with E-state index in [1.165, 1.54) is 5.56 Å². The van der Waals surface area contributed by atoms with E-state index in [0.29, 0.717) is 45.8 Å². The van der Waals surface area contributed by atoms with Crippen molar-refractivity contribution in [3.05, 3.63) is 84.3 Å². The van der Waals surface area contributed by atoms with Gasteiger partial charge in [-0.2, -0.15) is 0 Å². The van der Waals surface area contributed by atoms with Crippen LogP contribution in [0.3, 0.4) is 0 Å². The van der Waals surface area contributed by atoms with Crippen LogP contribution >= 0.6 is 0 Å². The van der Waals surface area contributed by atoms with Gasteiger partial charge in [0.05, 0.1) is 12.6 Å². The number of hydrogen-bond donors (Lipinski definition) is 0. The van der Waals surface area contributed by atoms with Crippen molar-refractivity contribution < 1.29 is 14.3 Å². The summed E-state index contributed by atoms with van der Waals surface area (Å²) in [6.07, 6.45) is 4.27. The number of nitrogens with zero attached hydrogens (tertiary/aromatic N) is 5. The van der Waals surface area contributed by atoms with Crippen molar-refractivity contribution >= 4 is 11.8 Å². The van der Waals surface area contributed by atoms with Crippen LogP contribution in [0, 0.1) is 0 Å². The predicted octanol–water partition coefficient (Wildman–Crippen LogP) is 3.01. The summed E-state index contributed by atoms with van der Waals surface area (Å²) in [6, 6.07) is 20.1. The van der Waals surface area contributed by atoms with Crippen LogP contribution in [-0.4, -0.2) is 88.0 Å². The Morgan fingerprint density at radius 3 is 2.54 bits per heavy atom. The summed E-state index contributed by atoms with van der Waals surface area (Å²) in [7, 11) is 0. The first-order valence-electron chi connectivity index (χ1n) is 13.1. The van der Waals surface area contributed by atoms with Gasteiger partial charge in [0.15, 0.2) is 0 Å². The largest absolute Gasteiger partial charge is 0.365 e. The van der Waals surface area contributed by atoms with Crippen molar-refractivity contribution in [2.45, 2.75) is 32.9 Å². The van der Waals surface area contributed by atoms with Gasteiger partial charge in [-0.15, -0.1) is 0 Å². The monoisotopic (exact) mass is 503 g/mol. The Hall–Kier alpha value is -3.49. The molecule has 8 nitrogen and oxygen atoms in total. The number of amides is 2. The van der Waals surface area contributed by atoms with Gasteiger partial charge in [-0.25, -0.2) is 4.98 Å². The Labute approximate surface area is 219 Å². The zero-order valence-electron chi connectivity index (χ0n) is 21.8. The maximum atomic E-state index is 13.3. The average molecular weight is 504 g/mol. The van der Waals surface area contributed by atoms with E-state index in [2.05, 4.69) is 28.1 Å². The van der Waals surface area contributed by atoms with Crippen LogP contribution in [0.25, 0.3) is 5.82 Å². The third kappa shape index (κ3) is 7.27. The SMILES string of the molecule is CCN(CC)C(=O)CO[C@@H]1CN(Cc2cccn2-c2ccccn2)CC(=O)N(CCc2ccccc2)C1. The molecule has 1 aromatic carbocycles. The lowest BCUT2D eigenvalue weighted by Crippen LogP contribution is -2.41. The number of hydrogen-bond acceptors (Lipinski definition) is 5. The van der Waals surface area contributed by atoms with Crippen LogP contribution < -0.4 is 0 Å². The lowest BCUT2D eigenvalue weighted by Gasteiger charge is -2.26. The highest BCUT2D eigenvalue weighted by Gasteiger charge is 2.29. The topological polar surface area (TPSA) is 70.9 Å². The fraction of sp³-hybridized carbons (Fsp3) is 0.414. The molecular weight excluding hydrogens is 466 g/mol. The first-order valence-corrected chi connectivity index (χ1v) is 13.1. The van der Waals surface area contributed by atoms with Crippen molar-refractivity contribution in [1.29, 1.82) is 0 Å². The van der Waals surface area contributed by atoms with Gasteiger partial charge in [-0.05, 0) is 50.1 Å². The first kappa shape index (κ1) is 26.6. The molecule has 196 valence electrons. The summed E-state index contributed by atoms with van der Waals surface area (Å²) >= 11 is 0. The molecule has 1 aliphatic heterocycles. The molecule has 0 unspecified atom stereocenters. The summed E-state index contributed by atoms with van der Waals surface area (Å²) in [4.78, 5) is 36.2. The maximum absolute atomic E-state index is 13.3. The minimum atomic E-state index is -0.264. The van der Waals surface area contributed by atoms with E-state index in [4.69, 9.17) is 4.74 Å². The van der Waals surface area contributed by atoms with Crippen molar-refractivity contribution in [3.8, 4) is 5.82 Å². The Balaban J connectivity index is 1.48. The molecule has 0 bridgehead atoms. The summed E-state index contributed by atoms with van der Waals surface area (Å²) in [5, 5.41) is 0. The highest BCUT2D eigenvalue weighted by atomic mass is 16.5. The zero-order chi connectivity index (χ0) is 26.0. The summed E-state index contributed by atoms with van der Waals surface area (Å²) in [5.74, 6) is 0.894. The van der Waals surface area contributed by atoms with Crippen molar-refractivity contribution in [2.24, 2.45) is 0 Å². The van der Waals surface area contributed by atoms with E-state index in [0.717, 1.165) is 17.9 Å². The summed E-state index contributed by atoms with van der Waals surface area (Å²) in [5.41, 5.74) is 2.24. The molecule has 8 heteroatoms. The number of aromatic nitrogens is 2. The van der Waals surface area contributed by atoms with E-state index >= 15 is 0 Å². The lowest BCUT2D eigenvalue weighted by atomic mass is 10.1. The minimum Gasteiger partial charge on any atom is -0.365 e. The van der Waals surface area contributed by atoms with Crippen LogP contribution in [0.2, 0.25) is 0 Å². The Kier molecular flexibility index (Phi) is 9.46. The van der Waals surface area contributed by atoms with Gasteiger partial charge in [0.1, 0.15) is 12.4 Å². The molecule has 1 fully saturated rings. The highest BCUT2D eigenvalue weighted by molar-refractivity contribution is 5.79. The summed E-state index contributed by atoms with van der Waals surface area (Å²) < 4.78 is 8.20. The number of carbonyl (C=O) groups is 2. The predicted molar refractivity (Wildman–Crippen MR) is 143 cm³/mol. The molecule has 0 radical (unpaired) electrons. The van der Waals surface area contributed by atoms with Gasteiger partial charge in [0.2, 0.25) is 11.8 Å². The van der Waals surface area contributed by atoms with Gasteiger partial charge < -0.3 is 19.1 Å².